The Kier molecular flexibility index (Phi) is 32.7. The van der Waals surface area contributed by atoms with E-state index in [1.54, 1.807) is 42.6 Å². The maximum atomic E-state index is 10.6. The average molecular weight is 1870 g/mol. The summed E-state index contributed by atoms with van der Waals surface area (Å²) in [6.45, 7) is 21.4. The molecule has 702 valence electrons. The molecule has 5 aliphatic heterocycles. The van der Waals surface area contributed by atoms with Crippen molar-refractivity contribution in [2.75, 3.05) is 140 Å². The number of aliphatic hydroxyl groups is 9. The maximum Gasteiger partial charge on any atom is 0.320 e. The fraction of sp³-hybridized carbons (Fsp3) is 0.630. The summed E-state index contributed by atoms with van der Waals surface area (Å²) in [6, 6.07) is 0.0972. The van der Waals surface area contributed by atoms with E-state index in [0.29, 0.717) is 135 Å². The van der Waals surface area contributed by atoms with Crippen molar-refractivity contribution in [3.63, 3.8) is 0 Å². The first-order valence-corrected chi connectivity index (χ1v) is 57.7. The van der Waals surface area contributed by atoms with Gasteiger partial charge in [0.2, 0.25) is 0 Å². The summed E-state index contributed by atoms with van der Waals surface area (Å²) in [7, 11) is 3.00. The number of ether oxygens (including phenoxy) is 7. The standard InChI is InChI=1S/C18H30N5O3P.C17H28N5O3P.C16H26N5O3P.C15H24N5O4P.C15H24N5O3P/c1-5-6-7-12-21-16(19)13-17(22-12)23(10-20-13)18-15(25)14(24)11(26-18)8-9-27(2,3)4;1-5-6-11-20-15(18)12-16(21-11)22(9-19-12)17-14(24)13(23)10(25-17)7-8-26(2,3)4;1-5-10-19-14(17)11-15(20-10)21(8-18-11)16-13(23)12(22)9(24-16)6-7-25(2,3)4;1-23-15-18-12(16)9-13(19-15)20(7-17-9)14-11(22)10(21)8(24-14)5-6-25(2,3)4;1-22-12-11(21)9(5-6-24(2,3)4)23-15(12)20-8-19-10-13(16)17-7-18-14(10)20/h10-11,14-15,18,24-25H,2,5-9H2,1,3-4H3,(H2,19,21,22);9-10,13-14,17,23-24H,2,5-8H2,1,3-4H3,(H2,18,20,21);8-9,12-13,16,22-23H,2,5-7H2,1,3-4H3,(H2,17,19,20);7-8,10-11,14,21-22H,2,5-6H2,1,3-4H3,(H2,16,18,19);7-9,11-12,15,21H,2,5-6H2,1,3-4H3,(H2,16,17,18)/t11-,14-,15-,18?;10-,13-,14-,17?;9-,12-,13-,16?;8-,10-,11-,14?;9-,11-,12-,15?/m11111/s1. The SMILES string of the molecule is C=P(C)(C)CC[C@H]1OC(n2cnc3c(N)nc(CC)nc32)[C@H](O)[C@@H]1O.C=P(C)(C)CC[C@H]1OC(n2cnc3c(N)nc(CCC)nc32)[C@H](O)[C@@H]1O.C=P(C)(C)CC[C@H]1OC(n2cnc3c(N)nc(CCCC)nc32)[C@H](O)[C@@H]1O.C=P(C)(C)CC[C@H]1OC(n2cnc3c(N)nc(OC)nc32)[C@H](O)[C@@H]1O.C=P(C)(C)CC[C@H]1OC(n2cnc3c(N)ncnc32)[C@H](OC)[C@@H]1O. The number of aromatic nitrogens is 20. The van der Waals surface area contributed by atoms with Gasteiger partial charge >= 0.3 is 6.01 Å². The van der Waals surface area contributed by atoms with Crippen LogP contribution in [-0.4, -0.2) is 378 Å². The maximum absolute atomic E-state index is 10.6. The summed E-state index contributed by atoms with van der Waals surface area (Å²) < 4.78 is 48.7. The van der Waals surface area contributed by atoms with E-state index < -0.39 is 151 Å². The predicted molar refractivity (Wildman–Crippen MR) is 508 cm³/mol. The third kappa shape index (κ3) is 24.0. The van der Waals surface area contributed by atoms with E-state index in [-0.39, 0.29) is 17.9 Å². The number of nitrogens with zero attached hydrogens (tertiary/aromatic N) is 20. The number of aliphatic hydroxyl groups excluding tert-OH is 9. The molecule has 10 aromatic heterocycles. The smallest absolute Gasteiger partial charge is 0.320 e. The fourth-order valence-electron chi connectivity index (χ4n) is 15.3. The van der Waals surface area contributed by atoms with Crippen LogP contribution in [0.25, 0.3) is 55.8 Å². The van der Waals surface area contributed by atoms with E-state index >= 15 is 0 Å². The van der Waals surface area contributed by atoms with Crippen LogP contribution in [0, 0.1) is 0 Å². The molecule has 0 bridgehead atoms. The van der Waals surface area contributed by atoms with Crippen LogP contribution in [0.3, 0.4) is 0 Å². The van der Waals surface area contributed by atoms with Crippen LogP contribution >= 0.6 is 34.4 Å². The zero-order valence-corrected chi connectivity index (χ0v) is 79.8. The van der Waals surface area contributed by atoms with Gasteiger partial charge in [-0.2, -0.15) is 9.97 Å². The number of aryl methyl sites for hydroxylation is 3. The van der Waals surface area contributed by atoms with Crippen LogP contribution < -0.4 is 33.4 Å². The van der Waals surface area contributed by atoms with E-state index in [0.717, 1.165) is 62.9 Å². The van der Waals surface area contributed by atoms with Crippen molar-refractivity contribution in [2.45, 2.75) is 214 Å². The Balaban J connectivity index is 0.000000154. The predicted octanol–water partition coefficient (Wildman–Crippen LogP) is 4.16. The molecule has 0 aliphatic carbocycles. The average Bonchev–Trinajstić information content (AvgIpc) is 1.64. The minimum absolute atomic E-state index is 0.0972. The zero-order chi connectivity index (χ0) is 93.0. The summed E-state index contributed by atoms with van der Waals surface area (Å²) in [6.07, 6.45) is 27.7. The monoisotopic (exact) mass is 1870 g/mol. The molecule has 5 unspecified atom stereocenters. The molecule has 0 saturated carbocycles. The highest BCUT2D eigenvalue weighted by Crippen LogP contribution is 2.47. The largest absolute Gasteiger partial charge is 0.467 e. The number of rotatable bonds is 28. The summed E-state index contributed by atoms with van der Waals surface area (Å²) in [4.78, 5) is 64.0. The van der Waals surface area contributed by atoms with Crippen LogP contribution in [0.4, 0.5) is 29.1 Å². The van der Waals surface area contributed by atoms with Crippen molar-refractivity contribution in [2.24, 2.45) is 0 Å². The molecule has 5 aliphatic rings. The van der Waals surface area contributed by atoms with Crippen LogP contribution in [0.15, 0.2) is 38.0 Å². The molecule has 10 aromatic rings. The van der Waals surface area contributed by atoms with Gasteiger partial charge in [-0.15, -0.1) is 65.9 Å². The third-order valence-electron chi connectivity index (χ3n) is 22.4. The van der Waals surface area contributed by atoms with Crippen LogP contribution in [0.1, 0.15) is 121 Å². The summed E-state index contributed by atoms with van der Waals surface area (Å²) in [5.74, 6) is 3.29. The lowest BCUT2D eigenvalue weighted by Gasteiger charge is -2.19. The highest BCUT2D eigenvalue weighted by atomic mass is 31.2. The number of imidazole rings is 5. The molecule has 41 nitrogen and oxygen atoms in total. The minimum atomic E-state index is -1.25. The van der Waals surface area contributed by atoms with Crippen molar-refractivity contribution in [1.29, 1.82) is 0 Å². The number of hydrogen-bond donors (Lipinski definition) is 14. The molecule has 15 heterocycles. The second-order valence-electron chi connectivity index (χ2n) is 36.4. The second-order valence-corrected chi connectivity index (χ2v) is 58.0. The molecular weight excluding hydrogens is 1730 g/mol. The van der Waals surface area contributed by atoms with Crippen molar-refractivity contribution in [3.05, 3.63) is 55.4 Å². The Morgan fingerprint density at radius 3 is 0.945 bits per heavy atom. The lowest BCUT2D eigenvalue weighted by atomic mass is 10.1. The van der Waals surface area contributed by atoms with Gasteiger partial charge in [0, 0.05) is 26.4 Å². The van der Waals surface area contributed by atoms with Gasteiger partial charge in [-0.1, -0.05) is 27.2 Å². The molecule has 0 spiro atoms. The van der Waals surface area contributed by atoms with Gasteiger partial charge in [-0.3, -0.25) is 22.8 Å². The van der Waals surface area contributed by atoms with Crippen molar-refractivity contribution >= 4 is 151 Å². The number of hydrogen-bond acceptors (Lipinski definition) is 36. The highest BCUT2D eigenvalue weighted by Gasteiger charge is 2.50. The van der Waals surface area contributed by atoms with Crippen LogP contribution in [0.5, 0.6) is 6.01 Å². The topological polar surface area (TPSA) is 595 Å². The van der Waals surface area contributed by atoms with Gasteiger partial charge < -0.3 is 108 Å². The number of fused-ring (bicyclic) bond motifs is 5. The Bertz CT molecular complexity index is 5540. The summed E-state index contributed by atoms with van der Waals surface area (Å²) >= 11 is 0. The molecule has 46 heteroatoms. The lowest BCUT2D eigenvalue weighted by Crippen LogP contribution is -2.33. The molecule has 0 amide bonds. The first kappa shape index (κ1) is 100. The van der Waals surface area contributed by atoms with E-state index in [1.165, 1.54) is 32.4 Å². The molecule has 5 saturated heterocycles. The fourth-order valence-corrected chi connectivity index (χ4v) is 20.1. The molecule has 19 N–H and O–H groups in total. The van der Waals surface area contributed by atoms with Gasteiger partial charge in [0.1, 0.15) is 107 Å². The van der Waals surface area contributed by atoms with Gasteiger partial charge in [0.15, 0.2) is 94.0 Å². The molecule has 5 fully saturated rings. The van der Waals surface area contributed by atoms with E-state index in [4.69, 9.17) is 61.8 Å². The first-order valence-electron chi connectivity index (χ1n) is 42.4. The van der Waals surface area contributed by atoms with E-state index in [2.05, 4.69) is 180 Å². The number of nitrogen functional groups attached to an aromatic ring is 5. The minimum Gasteiger partial charge on any atom is -0.467 e. The molecule has 0 radical (unpaired) electrons. The Morgan fingerprint density at radius 1 is 0.339 bits per heavy atom. The van der Waals surface area contributed by atoms with E-state index in [9.17, 15) is 46.0 Å². The van der Waals surface area contributed by atoms with Crippen molar-refractivity contribution in [3.8, 4) is 6.01 Å². The summed E-state index contributed by atoms with van der Waals surface area (Å²) in [5, 5.41) is 94.2. The second kappa shape index (κ2) is 41.5. The highest BCUT2D eigenvalue weighted by molar-refractivity contribution is 7.73. The van der Waals surface area contributed by atoms with Gasteiger partial charge in [0.05, 0.1) is 69.3 Å². The Labute approximate surface area is 739 Å². The van der Waals surface area contributed by atoms with Crippen molar-refractivity contribution in [1.82, 2.24) is 97.6 Å². The molecule has 20 atom stereocenters. The Hall–Kier alpha value is -7.55. The molecule has 15 rings (SSSR count). The van der Waals surface area contributed by atoms with Gasteiger partial charge in [-0.25, -0.2) is 64.8 Å². The van der Waals surface area contributed by atoms with Crippen LogP contribution in [0.2, 0.25) is 0 Å². The first-order chi connectivity index (χ1) is 59.6. The number of anilines is 5. The van der Waals surface area contributed by atoms with Gasteiger partial charge in [0.25, 0.3) is 0 Å². The zero-order valence-electron chi connectivity index (χ0n) is 75.3. The molecule has 0 aromatic carbocycles. The number of methoxy groups -OCH3 is 2. The van der Waals surface area contributed by atoms with E-state index in [1.807, 2.05) is 13.8 Å². The molecular formula is C81H132N25O16P5. The summed E-state index contributed by atoms with van der Waals surface area (Å²) in [5.41, 5.74) is 34.5. The van der Waals surface area contributed by atoms with Crippen molar-refractivity contribution < 1.29 is 79.1 Å². The third-order valence-corrected chi connectivity index (χ3v) is 29.8. The Morgan fingerprint density at radius 2 is 0.630 bits per heavy atom. The quantitative estimate of drug-likeness (QED) is 0.0306. The lowest BCUT2D eigenvalue weighted by molar-refractivity contribution is -0.0496. The number of nitrogens with two attached hydrogens (primary N) is 5. The van der Waals surface area contributed by atoms with Gasteiger partial charge in [-0.05, 0) is 142 Å². The number of unbranched alkanes of at least 4 members (excludes halogenated alkanes) is 1. The normalized spacial score (nSPS) is 27.0. The van der Waals surface area contributed by atoms with Crippen LogP contribution in [-0.2, 0) is 47.7 Å². The molecule has 127 heavy (non-hydrogen) atoms.